The van der Waals surface area contributed by atoms with Crippen molar-refractivity contribution < 1.29 is 4.74 Å². The zero-order valence-electron chi connectivity index (χ0n) is 11.5. The van der Waals surface area contributed by atoms with Crippen LogP contribution in [-0.4, -0.2) is 7.11 Å². The van der Waals surface area contributed by atoms with Crippen molar-refractivity contribution in [1.29, 1.82) is 0 Å². The molecule has 20 heavy (non-hydrogen) atoms. The molecule has 0 aromatic heterocycles. The molecule has 0 saturated carbocycles. The third-order valence-corrected chi connectivity index (χ3v) is 4.17. The van der Waals surface area contributed by atoms with Crippen LogP contribution in [0, 0.1) is 3.57 Å². The van der Waals surface area contributed by atoms with Gasteiger partial charge in [-0.1, -0.05) is 36.7 Å². The molecule has 0 aliphatic heterocycles. The zero-order valence-corrected chi connectivity index (χ0v) is 14.4. The van der Waals surface area contributed by atoms with E-state index in [-0.39, 0.29) is 6.04 Å². The molecule has 0 heterocycles. The summed E-state index contributed by atoms with van der Waals surface area (Å²) in [6, 6.07) is 14.3. The van der Waals surface area contributed by atoms with E-state index in [0.717, 1.165) is 32.0 Å². The number of hydrogen-bond donors (Lipinski definition) is 1. The summed E-state index contributed by atoms with van der Waals surface area (Å²) in [5.74, 6) is 0.897. The van der Waals surface area contributed by atoms with Crippen LogP contribution >= 0.6 is 34.2 Å². The summed E-state index contributed by atoms with van der Waals surface area (Å²) in [6.07, 6.45) is 0.947. The number of halogens is 2. The maximum absolute atomic E-state index is 6.29. The Kier molecular flexibility index (Phi) is 5.54. The van der Waals surface area contributed by atoms with Gasteiger partial charge in [-0.05, 0) is 53.3 Å². The van der Waals surface area contributed by atoms with Crippen molar-refractivity contribution in [1.82, 2.24) is 0 Å². The van der Waals surface area contributed by atoms with Crippen LogP contribution in [0.25, 0.3) is 0 Å². The summed E-state index contributed by atoms with van der Waals surface area (Å²) in [4.78, 5) is 0. The van der Waals surface area contributed by atoms with Gasteiger partial charge in [0.15, 0.2) is 0 Å². The zero-order chi connectivity index (χ0) is 14.5. The van der Waals surface area contributed by atoms with E-state index in [1.807, 2.05) is 36.4 Å². The molecule has 1 N–H and O–H groups in total. The second kappa shape index (κ2) is 7.18. The van der Waals surface area contributed by atoms with Crippen LogP contribution in [0.1, 0.15) is 24.9 Å². The topological polar surface area (TPSA) is 21.3 Å². The monoisotopic (exact) mass is 401 g/mol. The van der Waals surface area contributed by atoms with Gasteiger partial charge in [-0.3, -0.25) is 0 Å². The molecule has 0 saturated heterocycles. The lowest BCUT2D eigenvalue weighted by Crippen LogP contribution is -2.11. The molecule has 0 fully saturated rings. The van der Waals surface area contributed by atoms with Crippen molar-refractivity contribution in [3.05, 3.63) is 56.6 Å². The van der Waals surface area contributed by atoms with Gasteiger partial charge in [0.25, 0.3) is 0 Å². The van der Waals surface area contributed by atoms with Crippen molar-refractivity contribution in [2.75, 3.05) is 12.4 Å². The van der Waals surface area contributed by atoms with Crippen molar-refractivity contribution in [3.63, 3.8) is 0 Å². The molecule has 2 aromatic rings. The normalized spacial score (nSPS) is 12.0. The summed E-state index contributed by atoms with van der Waals surface area (Å²) < 4.78 is 6.57. The van der Waals surface area contributed by atoms with Crippen LogP contribution in [0.5, 0.6) is 5.75 Å². The summed E-state index contributed by atoms with van der Waals surface area (Å²) in [5, 5.41) is 4.24. The van der Waals surface area contributed by atoms with Crippen LogP contribution in [0.2, 0.25) is 5.02 Å². The Labute approximate surface area is 138 Å². The molecule has 0 radical (unpaired) electrons. The largest absolute Gasteiger partial charge is 0.496 e. The van der Waals surface area contributed by atoms with E-state index >= 15 is 0 Å². The predicted octanol–water partition coefficient (Wildman–Crippen LogP) is 5.52. The minimum atomic E-state index is 0.170. The SMILES string of the molecule is CCC(Nc1ccc(I)cc1Cl)c1ccccc1OC. The molecular weight excluding hydrogens is 385 g/mol. The standard InChI is InChI=1S/C16H17ClINO/c1-3-14(12-6-4-5-7-16(12)20-2)19-15-9-8-11(18)10-13(15)17/h4-10,14,19H,3H2,1-2H3. The van der Waals surface area contributed by atoms with Crippen LogP contribution in [0.15, 0.2) is 42.5 Å². The molecule has 106 valence electrons. The van der Waals surface area contributed by atoms with Gasteiger partial charge in [0.2, 0.25) is 0 Å². The fraction of sp³-hybridized carbons (Fsp3) is 0.250. The van der Waals surface area contributed by atoms with Crippen molar-refractivity contribution in [2.45, 2.75) is 19.4 Å². The van der Waals surface area contributed by atoms with Gasteiger partial charge < -0.3 is 10.1 Å². The highest BCUT2D eigenvalue weighted by Crippen LogP contribution is 2.32. The van der Waals surface area contributed by atoms with Gasteiger partial charge in [-0.25, -0.2) is 0 Å². The number of anilines is 1. The first kappa shape index (κ1) is 15.4. The first-order chi connectivity index (χ1) is 9.65. The molecule has 2 rings (SSSR count). The third kappa shape index (κ3) is 3.58. The lowest BCUT2D eigenvalue weighted by atomic mass is 10.0. The number of benzene rings is 2. The second-order valence-electron chi connectivity index (χ2n) is 4.47. The highest BCUT2D eigenvalue weighted by atomic mass is 127. The Morgan fingerprint density at radius 3 is 2.65 bits per heavy atom. The molecule has 2 aromatic carbocycles. The average Bonchev–Trinajstić information content (AvgIpc) is 2.46. The minimum absolute atomic E-state index is 0.170. The van der Waals surface area contributed by atoms with Crippen molar-refractivity contribution >= 4 is 39.9 Å². The third-order valence-electron chi connectivity index (χ3n) is 3.18. The summed E-state index contributed by atoms with van der Waals surface area (Å²) >= 11 is 8.55. The van der Waals surface area contributed by atoms with E-state index in [1.165, 1.54) is 0 Å². The molecule has 1 unspecified atom stereocenters. The quantitative estimate of drug-likeness (QED) is 0.666. The van der Waals surface area contributed by atoms with Gasteiger partial charge in [-0.2, -0.15) is 0 Å². The van der Waals surface area contributed by atoms with E-state index in [1.54, 1.807) is 7.11 Å². The lowest BCUT2D eigenvalue weighted by molar-refractivity contribution is 0.406. The summed E-state index contributed by atoms with van der Waals surface area (Å²) in [6.45, 7) is 2.14. The Morgan fingerprint density at radius 2 is 2.00 bits per heavy atom. The Morgan fingerprint density at radius 1 is 1.25 bits per heavy atom. The average molecular weight is 402 g/mol. The Hall–Kier alpha value is -0.940. The Bertz CT molecular complexity index is 588. The number of nitrogens with one attached hydrogen (secondary N) is 1. The van der Waals surface area contributed by atoms with E-state index in [0.29, 0.717) is 0 Å². The van der Waals surface area contributed by atoms with Crippen LogP contribution < -0.4 is 10.1 Å². The van der Waals surface area contributed by atoms with E-state index in [2.05, 4.69) is 40.9 Å². The van der Waals surface area contributed by atoms with Gasteiger partial charge in [0.1, 0.15) is 5.75 Å². The van der Waals surface area contributed by atoms with Crippen LogP contribution in [0.3, 0.4) is 0 Å². The number of ether oxygens (including phenoxy) is 1. The van der Waals surface area contributed by atoms with Gasteiger partial charge in [0, 0.05) is 9.13 Å². The number of rotatable bonds is 5. The van der Waals surface area contributed by atoms with Gasteiger partial charge in [-0.15, -0.1) is 0 Å². The molecule has 2 nitrogen and oxygen atoms in total. The van der Waals surface area contributed by atoms with E-state index < -0.39 is 0 Å². The lowest BCUT2D eigenvalue weighted by Gasteiger charge is -2.21. The molecule has 0 amide bonds. The molecule has 4 heteroatoms. The van der Waals surface area contributed by atoms with E-state index in [9.17, 15) is 0 Å². The summed E-state index contributed by atoms with van der Waals surface area (Å²) in [5.41, 5.74) is 2.09. The molecule has 0 spiro atoms. The summed E-state index contributed by atoms with van der Waals surface area (Å²) in [7, 11) is 1.70. The first-order valence-electron chi connectivity index (χ1n) is 6.50. The van der Waals surface area contributed by atoms with Gasteiger partial charge >= 0.3 is 0 Å². The predicted molar refractivity (Wildman–Crippen MR) is 93.8 cm³/mol. The molecular formula is C16H17ClINO. The second-order valence-corrected chi connectivity index (χ2v) is 6.12. The fourth-order valence-electron chi connectivity index (χ4n) is 2.15. The van der Waals surface area contributed by atoms with E-state index in [4.69, 9.17) is 16.3 Å². The minimum Gasteiger partial charge on any atom is -0.496 e. The fourth-order valence-corrected chi connectivity index (χ4v) is 3.06. The molecule has 0 aliphatic carbocycles. The molecule has 0 bridgehead atoms. The van der Waals surface area contributed by atoms with Crippen LogP contribution in [-0.2, 0) is 0 Å². The molecule has 0 aliphatic rings. The molecule has 1 atom stereocenters. The maximum Gasteiger partial charge on any atom is 0.124 e. The Balaban J connectivity index is 2.29. The van der Waals surface area contributed by atoms with Crippen molar-refractivity contribution in [2.24, 2.45) is 0 Å². The smallest absolute Gasteiger partial charge is 0.124 e. The number of para-hydroxylation sites is 1. The van der Waals surface area contributed by atoms with Gasteiger partial charge in [0.05, 0.1) is 23.9 Å². The first-order valence-corrected chi connectivity index (χ1v) is 7.96. The number of methoxy groups -OCH3 is 1. The van der Waals surface area contributed by atoms with Crippen molar-refractivity contribution in [3.8, 4) is 5.75 Å². The maximum atomic E-state index is 6.29. The van der Waals surface area contributed by atoms with Crippen LogP contribution in [0.4, 0.5) is 5.69 Å². The highest BCUT2D eigenvalue weighted by molar-refractivity contribution is 14.1. The highest BCUT2D eigenvalue weighted by Gasteiger charge is 2.15. The number of hydrogen-bond acceptors (Lipinski definition) is 2.